The van der Waals surface area contributed by atoms with Crippen molar-refractivity contribution in [3.63, 3.8) is 0 Å². The quantitative estimate of drug-likeness (QED) is 0.484. The van der Waals surface area contributed by atoms with Gasteiger partial charge in [-0.3, -0.25) is 9.69 Å². The van der Waals surface area contributed by atoms with Gasteiger partial charge in [-0.15, -0.1) is 0 Å². The van der Waals surface area contributed by atoms with E-state index in [1.165, 1.54) is 12.8 Å². The Bertz CT molecular complexity index is 502. The number of carboxylic acid groups (broad SMARTS) is 1. The predicted molar refractivity (Wildman–Crippen MR) is 88.4 cm³/mol. The molecular weight excluding hydrogens is 294 g/mol. The lowest BCUT2D eigenvalue weighted by Crippen LogP contribution is -2.27. The van der Waals surface area contributed by atoms with Crippen molar-refractivity contribution in [1.29, 1.82) is 0 Å². The van der Waals surface area contributed by atoms with Gasteiger partial charge in [0.2, 0.25) is 0 Å². The molecule has 1 aromatic carbocycles. The number of para-hydroxylation sites is 1. The van der Waals surface area contributed by atoms with Gasteiger partial charge >= 0.3 is 5.97 Å². The molecular formula is C18H27NO4. The first kappa shape index (κ1) is 17.8. The second-order valence-corrected chi connectivity index (χ2v) is 6.35. The molecule has 1 fully saturated rings. The van der Waals surface area contributed by atoms with Gasteiger partial charge in [0.25, 0.3) is 0 Å². The van der Waals surface area contributed by atoms with Gasteiger partial charge in [-0.25, -0.2) is 0 Å². The number of aliphatic carboxylic acids is 1. The largest absolute Gasteiger partial charge is 0.493 e. The molecule has 1 aliphatic carbocycles. The van der Waals surface area contributed by atoms with Gasteiger partial charge in [0.15, 0.2) is 0 Å². The van der Waals surface area contributed by atoms with Crippen molar-refractivity contribution in [2.75, 3.05) is 20.2 Å². The third-order valence-corrected chi connectivity index (χ3v) is 4.15. The number of benzene rings is 1. The van der Waals surface area contributed by atoms with Crippen LogP contribution >= 0.6 is 0 Å². The van der Waals surface area contributed by atoms with E-state index in [-0.39, 0.29) is 6.42 Å². The fourth-order valence-corrected chi connectivity index (χ4v) is 2.61. The average Bonchev–Trinajstić information content (AvgIpc) is 3.34. The van der Waals surface area contributed by atoms with Crippen LogP contribution in [0.25, 0.3) is 0 Å². The summed E-state index contributed by atoms with van der Waals surface area (Å²) >= 11 is 0. The Balaban J connectivity index is 1.80. The second kappa shape index (κ2) is 8.89. The maximum absolute atomic E-state index is 10.5. The molecule has 0 spiro atoms. The summed E-state index contributed by atoms with van der Waals surface area (Å²) in [5.74, 6) is 0.677. The molecule has 0 saturated heterocycles. The number of hydrogen-bond acceptors (Lipinski definition) is 4. The van der Waals surface area contributed by atoms with E-state index in [0.29, 0.717) is 18.8 Å². The van der Waals surface area contributed by atoms with E-state index in [9.17, 15) is 9.90 Å². The standard InChI is InChI=1S/C18H27NO4/c1-19(13-14-10-11-14)18(22)15-7-4-5-8-16(15)23-12-6-2-3-9-17(20)21/h4-5,7-8,14,18,22H,2-3,6,9-13H2,1H3,(H,20,21). The summed E-state index contributed by atoms with van der Waals surface area (Å²) in [5, 5.41) is 19.1. The van der Waals surface area contributed by atoms with Gasteiger partial charge < -0.3 is 14.9 Å². The zero-order chi connectivity index (χ0) is 16.7. The van der Waals surface area contributed by atoms with Gasteiger partial charge in [0.1, 0.15) is 12.0 Å². The van der Waals surface area contributed by atoms with Gasteiger partial charge in [0, 0.05) is 18.5 Å². The van der Waals surface area contributed by atoms with Crippen LogP contribution in [0.3, 0.4) is 0 Å². The number of aliphatic hydroxyl groups excluding tert-OH is 1. The van der Waals surface area contributed by atoms with Crippen LogP contribution in [0, 0.1) is 5.92 Å². The van der Waals surface area contributed by atoms with Crippen LogP contribution in [-0.2, 0) is 4.79 Å². The van der Waals surface area contributed by atoms with E-state index in [1.54, 1.807) is 0 Å². The van der Waals surface area contributed by atoms with Crippen LogP contribution in [0.4, 0.5) is 0 Å². The Labute approximate surface area is 137 Å². The summed E-state index contributed by atoms with van der Waals surface area (Å²) in [4.78, 5) is 12.4. The Morgan fingerprint density at radius 1 is 1.30 bits per heavy atom. The van der Waals surface area contributed by atoms with E-state index in [1.807, 2.05) is 36.2 Å². The minimum Gasteiger partial charge on any atom is -0.493 e. The number of hydrogen-bond donors (Lipinski definition) is 2. The SMILES string of the molecule is CN(CC1CC1)C(O)c1ccccc1OCCCCCC(=O)O. The Kier molecular flexibility index (Phi) is 6.86. The molecule has 5 heteroatoms. The molecule has 2 rings (SSSR count). The molecule has 1 unspecified atom stereocenters. The van der Waals surface area contributed by atoms with Gasteiger partial charge in [-0.1, -0.05) is 18.2 Å². The highest BCUT2D eigenvalue weighted by atomic mass is 16.5. The van der Waals surface area contributed by atoms with Crippen molar-refractivity contribution in [1.82, 2.24) is 4.90 Å². The molecule has 128 valence electrons. The zero-order valence-electron chi connectivity index (χ0n) is 13.8. The highest BCUT2D eigenvalue weighted by Gasteiger charge is 2.26. The molecule has 0 radical (unpaired) electrons. The maximum atomic E-state index is 10.5. The van der Waals surface area contributed by atoms with Crippen LogP contribution in [0.5, 0.6) is 5.75 Å². The normalized spacial score (nSPS) is 15.6. The Hall–Kier alpha value is -1.59. The minimum atomic E-state index is -0.752. The molecule has 5 nitrogen and oxygen atoms in total. The molecule has 0 heterocycles. The minimum absolute atomic E-state index is 0.210. The zero-order valence-corrected chi connectivity index (χ0v) is 13.8. The number of carboxylic acids is 1. The summed E-state index contributed by atoms with van der Waals surface area (Å²) in [6.45, 7) is 1.44. The van der Waals surface area contributed by atoms with Crippen LogP contribution in [-0.4, -0.2) is 41.3 Å². The summed E-state index contributed by atoms with van der Waals surface area (Å²) in [7, 11) is 1.94. The van der Waals surface area contributed by atoms with Crippen LogP contribution in [0.1, 0.15) is 50.3 Å². The first-order valence-corrected chi connectivity index (χ1v) is 8.39. The lowest BCUT2D eigenvalue weighted by atomic mass is 10.1. The van der Waals surface area contributed by atoms with E-state index in [4.69, 9.17) is 9.84 Å². The molecule has 0 amide bonds. The highest BCUT2D eigenvalue weighted by Crippen LogP contribution is 2.33. The molecule has 0 aromatic heterocycles. The number of carbonyl (C=O) groups is 1. The van der Waals surface area contributed by atoms with Crippen molar-refractivity contribution < 1.29 is 19.7 Å². The van der Waals surface area contributed by atoms with Crippen molar-refractivity contribution in [2.24, 2.45) is 5.92 Å². The van der Waals surface area contributed by atoms with Gasteiger partial charge in [0.05, 0.1) is 6.61 Å². The molecule has 0 aliphatic heterocycles. The number of rotatable bonds is 11. The molecule has 1 atom stereocenters. The first-order chi connectivity index (χ1) is 11.1. The van der Waals surface area contributed by atoms with E-state index in [0.717, 1.165) is 30.9 Å². The molecule has 1 saturated carbocycles. The molecule has 1 aliphatic rings. The predicted octanol–water partition coefficient (Wildman–Crippen LogP) is 3.04. The van der Waals surface area contributed by atoms with Crippen molar-refractivity contribution >= 4 is 5.97 Å². The smallest absolute Gasteiger partial charge is 0.303 e. The summed E-state index contributed by atoms with van der Waals surface area (Å²) in [6, 6.07) is 7.58. The van der Waals surface area contributed by atoms with Crippen molar-refractivity contribution in [2.45, 2.75) is 44.8 Å². The van der Waals surface area contributed by atoms with Gasteiger partial charge in [-0.2, -0.15) is 0 Å². The fourth-order valence-electron chi connectivity index (χ4n) is 2.61. The third-order valence-electron chi connectivity index (χ3n) is 4.15. The number of unbranched alkanes of at least 4 members (excludes halogenated alkanes) is 2. The summed E-state index contributed by atoms with van der Waals surface area (Å²) in [6.07, 6.45) is 4.39. The van der Waals surface area contributed by atoms with Crippen molar-refractivity contribution in [3.05, 3.63) is 29.8 Å². The summed E-state index contributed by atoms with van der Waals surface area (Å²) in [5.41, 5.74) is 0.793. The van der Waals surface area contributed by atoms with Crippen LogP contribution in [0.15, 0.2) is 24.3 Å². The van der Waals surface area contributed by atoms with Crippen LogP contribution < -0.4 is 4.74 Å². The molecule has 1 aromatic rings. The third kappa shape index (κ3) is 6.20. The molecule has 0 bridgehead atoms. The van der Waals surface area contributed by atoms with E-state index >= 15 is 0 Å². The van der Waals surface area contributed by atoms with Crippen LogP contribution in [0.2, 0.25) is 0 Å². The first-order valence-electron chi connectivity index (χ1n) is 8.39. The van der Waals surface area contributed by atoms with Gasteiger partial charge in [-0.05, 0) is 51.1 Å². The molecule has 2 N–H and O–H groups in total. The number of nitrogens with zero attached hydrogens (tertiary/aromatic N) is 1. The number of ether oxygens (including phenoxy) is 1. The van der Waals surface area contributed by atoms with Crippen molar-refractivity contribution in [3.8, 4) is 5.75 Å². The lowest BCUT2D eigenvalue weighted by molar-refractivity contribution is -0.137. The number of aliphatic hydroxyl groups is 1. The highest BCUT2D eigenvalue weighted by molar-refractivity contribution is 5.66. The fraction of sp³-hybridized carbons (Fsp3) is 0.611. The Morgan fingerprint density at radius 3 is 2.74 bits per heavy atom. The molecule has 23 heavy (non-hydrogen) atoms. The second-order valence-electron chi connectivity index (χ2n) is 6.35. The van der Waals surface area contributed by atoms with E-state index in [2.05, 4.69) is 0 Å². The Morgan fingerprint density at radius 2 is 2.04 bits per heavy atom. The topological polar surface area (TPSA) is 70.0 Å². The monoisotopic (exact) mass is 321 g/mol. The lowest BCUT2D eigenvalue weighted by Gasteiger charge is -2.25. The maximum Gasteiger partial charge on any atom is 0.303 e. The van der Waals surface area contributed by atoms with E-state index < -0.39 is 12.2 Å². The average molecular weight is 321 g/mol. The summed E-state index contributed by atoms with van der Waals surface area (Å²) < 4.78 is 5.80.